The summed E-state index contributed by atoms with van der Waals surface area (Å²) < 4.78 is 6.33. The van der Waals surface area contributed by atoms with Gasteiger partial charge in [-0.3, -0.25) is 0 Å². The summed E-state index contributed by atoms with van der Waals surface area (Å²) in [5, 5.41) is 2.24. The fraction of sp³-hybridized carbons (Fsp3) is 0.0526. The van der Waals surface area contributed by atoms with Gasteiger partial charge in [0.05, 0.1) is 5.69 Å². The van der Waals surface area contributed by atoms with Gasteiger partial charge in [0, 0.05) is 67.2 Å². The third-order valence-corrected chi connectivity index (χ3v) is 13.6. The molecule has 0 fully saturated rings. The minimum absolute atomic E-state index is 0.00479. The predicted molar refractivity (Wildman–Crippen MR) is 260 cm³/mol. The van der Waals surface area contributed by atoms with Crippen molar-refractivity contribution in [2.45, 2.75) is 19.3 Å². The summed E-state index contributed by atoms with van der Waals surface area (Å²) in [6, 6.07) is 75.5. The summed E-state index contributed by atoms with van der Waals surface area (Å²) in [5.41, 5.74) is 21.2. The van der Waals surface area contributed by atoms with Crippen LogP contribution in [0.5, 0.6) is 0 Å². The molecule has 0 bridgehead atoms. The fourth-order valence-corrected chi connectivity index (χ4v) is 10.9. The molecule has 0 unspecified atom stereocenters. The van der Waals surface area contributed by atoms with Crippen LogP contribution >= 0.6 is 0 Å². The Morgan fingerprint density at radius 3 is 1.87 bits per heavy atom. The van der Waals surface area contributed by atoms with Crippen molar-refractivity contribution in [1.82, 2.24) is 0 Å². The van der Waals surface area contributed by atoms with Crippen molar-refractivity contribution < 1.29 is 4.42 Å². The maximum atomic E-state index is 6.33. The summed E-state index contributed by atoms with van der Waals surface area (Å²) in [6.07, 6.45) is 0. The minimum Gasteiger partial charge on any atom is -0.456 e. The molecule has 62 heavy (non-hydrogen) atoms. The lowest BCUT2D eigenvalue weighted by Crippen LogP contribution is -2.61. The number of nitrogens with zero attached hydrogens (tertiary/aromatic N) is 3. The van der Waals surface area contributed by atoms with Crippen molar-refractivity contribution in [2.75, 3.05) is 14.7 Å². The second-order valence-corrected chi connectivity index (χ2v) is 17.3. The van der Waals surface area contributed by atoms with E-state index < -0.39 is 0 Å². The van der Waals surface area contributed by atoms with Gasteiger partial charge in [-0.2, -0.15) is 0 Å². The van der Waals surface area contributed by atoms with E-state index >= 15 is 0 Å². The molecular formula is C57H40BN3O. The lowest BCUT2D eigenvalue weighted by Gasteiger charge is -2.44. The van der Waals surface area contributed by atoms with Gasteiger partial charge in [0.15, 0.2) is 0 Å². The van der Waals surface area contributed by atoms with Crippen LogP contribution in [-0.4, -0.2) is 6.71 Å². The molecule has 3 heterocycles. The molecule has 9 aromatic carbocycles. The smallest absolute Gasteiger partial charge is 0.252 e. The molecule has 5 heteroatoms. The number of rotatable bonds is 5. The average Bonchev–Trinajstić information content (AvgIpc) is 3.81. The van der Waals surface area contributed by atoms with Gasteiger partial charge < -0.3 is 19.1 Å². The van der Waals surface area contributed by atoms with E-state index in [9.17, 15) is 0 Å². The maximum absolute atomic E-state index is 6.33. The first-order valence-electron chi connectivity index (χ1n) is 21.6. The second kappa shape index (κ2) is 13.1. The number of benzene rings is 9. The Morgan fingerprint density at radius 2 is 1.05 bits per heavy atom. The lowest BCUT2D eigenvalue weighted by molar-refractivity contribution is 0.660. The Labute approximate surface area is 361 Å². The Balaban J connectivity index is 1.10. The highest BCUT2D eigenvalue weighted by molar-refractivity contribution is 7.00. The van der Waals surface area contributed by atoms with Crippen LogP contribution in [0.25, 0.3) is 33.1 Å². The van der Waals surface area contributed by atoms with E-state index in [-0.39, 0.29) is 12.1 Å². The van der Waals surface area contributed by atoms with Gasteiger partial charge >= 0.3 is 0 Å². The molecule has 2 aliphatic heterocycles. The number of hydrogen-bond acceptors (Lipinski definition) is 4. The summed E-state index contributed by atoms with van der Waals surface area (Å²) in [6.45, 7) is 4.74. The lowest BCUT2D eigenvalue weighted by atomic mass is 9.33. The van der Waals surface area contributed by atoms with E-state index in [0.29, 0.717) is 0 Å². The predicted octanol–water partition coefficient (Wildman–Crippen LogP) is 13.4. The number of anilines is 9. The van der Waals surface area contributed by atoms with E-state index in [1.165, 1.54) is 67.1 Å². The van der Waals surface area contributed by atoms with Gasteiger partial charge in [-0.25, -0.2) is 0 Å². The van der Waals surface area contributed by atoms with Crippen LogP contribution in [0.2, 0.25) is 0 Å². The normalized spacial score (nSPS) is 14.0. The van der Waals surface area contributed by atoms with E-state index in [4.69, 9.17) is 4.42 Å². The summed E-state index contributed by atoms with van der Waals surface area (Å²) in [4.78, 5) is 7.44. The van der Waals surface area contributed by atoms with E-state index in [1.807, 2.05) is 6.07 Å². The van der Waals surface area contributed by atoms with Gasteiger partial charge in [0.25, 0.3) is 6.71 Å². The number of para-hydroxylation sites is 4. The first-order valence-corrected chi connectivity index (χ1v) is 21.6. The quantitative estimate of drug-likeness (QED) is 0.162. The highest BCUT2D eigenvalue weighted by Gasteiger charge is 2.45. The molecule has 0 amide bonds. The SMILES string of the molecule is CC1(C)c2ccccc2-c2c(N3c4cc(N(c5ccccc5)c5ccccc5)ccc4B4c5ccccc5N(c5ccc6oc7ccccc7c6c5)c5cccc3c54)cccc21. The topological polar surface area (TPSA) is 22.9 Å². The van der Waals surface area contributed by atoms with Crippen LogP contribution in [0.1, 0.15) is 25.0 Å². The third kappa shape index (κ3) is 4.91. The van der Waals surface area contributed by atoms with Crippen molar-refractivity contribution in [3.8, 4) is 11.1 Å². The highest BCUT2D eigenvalue weighted by atomic mass is 16.3. The fourth-order valence-electron chi connectivity index (χ4n) is 10.9. The molecule has 0 saturated carbocycles. The monoisotopic (exact) mass is 793 g/mol. The van der Waals surface area contributed by atoms with Gasteiger partial charge in [0.2, 0.25) is 0 Å². The van der Waals surface area contributed by atoms with E-state index in [1.54, 1.807) is 0 Å². The van der Waals surface area contributed by atoms with Crippen molar-refractivity contribution in [1.29, 1.82) is 0 Å². The van der Waals surface area contributed by atoms with E-state index in [2.05, 4.69) is 229 Å². The Bertz CT molecular complexity index is 3390. The van der Waals surface area contributed by atoms with Crippen LogP contribution in [0.15, 0.2) is 211 Å². The van der Waals surface area contributed by atoms with Crippen LogP contribution in [0.4, 0.5) is 51.2 Å². The Hall–Kier alpha value is -7.76. The largest absolute Gasteiger partial charge is 0.456 e. The van der Waals surface area contributed by atoms with Gasteiger partial charge in [-0.1, -0.05) is 135 Å². The molecule has 0 radical (unpaired) electrons. The third-order valence-electron chi connectivity index (χ3n) is 13.6. The molecule has 0 spiro atoms. The first kappa shape index (κ1) is 35.0. The molecule has 10 aromatic rings. The minimum atomic E-state index is -0.149. The average molecular weight is 794 g/mol. The summed E-state index contributed by atoms with van der Waals surface area (Å²) in [7, 11) is 0. The molecule has 1 aliphatic carbocycles. The molecule has 3 aliphatic rings. The zero-order valence-electron chi connectivity index (χ0n) is 34.5. The van der Waals surface area contributed by atoms with Gasteiger partial charge in [0.1, 0.15) is 11.2 Å². The highest BCUT2D eigenvalue weighted by Crippen LogP contribution is 2.55. The molecule has 1 aromatic heterocycles. The summed E-state index contributed by atoms with van der Waals surface area (Å²) in [5.74, 6) is 0. The van der Waals surface area contributed by atoms with Gasteiger partial charge in [-0.15, -0.1) is 0 Å². The molecule has 0 atom stereocenters. The Kier molecular flexibility index (Phi) is 7.42. The molecule has 4 nitrogen and oxygen atoms in total. The van der Waals surface area contributed by atoms with Crippen molar-refractivity contribution in [2.24, 2.45) is 0 Å². The maximum Gasteiger partial charge on any atom is 0.252 e. The standard InChI is InChI=1S/C57H40BN3O/c1-57(2)44-23-11-9-22-42(44)55-45(57)24-15-27-49(55)61-51-29-16-28-50-56(51)58(47-33-31-40(36-52(47)61)59(37-17-5-3-6-18-37)38-19-7-4-8-20-38)46-25-12-13-26-48(46)60(50)39-32-34-54-43(35-39)41-21-10-14-30-53(41)62-54/h3-36H,1-2H3. The molecule has 0 saturated heterocycles. The van der Waals surface area contributed by atoms with Crippen LogP contribution in [-0.2, 0) is 5.41 Å². The number of fused-ring (bicyclic) bond motifs is 10. The second-order valence-electron chi connectivity index (χ2n) is 17.3. The van der Waals surface area contributed by atoms with Gasteiger partial charge in [-0.05, 0) is 118 Å². The van der Waals surface area contributed by atoms with Crippen LogP contribution < -0.4 is 31.1 Å². The number of hydrogen-bond donors (Lipinski definition) is 0. The zero-order valence-corrected chi connectivity index (χ0v) is 34.5. The van der Waals surface area contributed by atoms with Crippen LogP contribution in [0.3, 0.4) is 0 Å². The first-order chi connectivity index (χ1) is 30.5. The van der Waals surface area contributed by atoms with Crippen molar-refractivity contribution in [3.05, 3.63) is 217 Å². The molecule has 13 rings (SSSR count). The Morgan fingerprint density at radius 1 is 0.435 bits per heavy atom. The summed E-state index contributed by atoms with van der Waals surface area (Å²) >= 11 is 0. The molecule has 292 valence electrons. The molecular weight excluding hydrogens is 753 g/mol. The zero-order chi connectivity index (χ0) is 41.1. The van der Waals surface area contributed by atoms with Crippen LogP contribution in [0, 0.1) is 0 Å². The van der Waals surface area contributed by atoms with Crippen molar-refractivity contribution >= 4 is 96.2 Å². The number of furan rings is 1. The van der Waals surface area contributed by atoms with Crippen molar-refractivity contribution in [3.63, 3.8) is 0 Å². The van der Waals surface area contributed by atoms with E-state index in [0.717, 1.165) is 44.7 Å². The molecule has 0 N–H and O–H groups in total.